The summed E-state index contributed by atoms with van der Waals surface area (Å²) in [5.41, 5.74) is 2.40. The fraction of sp³-hybridized carbons (Fsp3) is 0.158. The molecule has 0 saturated carbocycles. The van der Waals surface area contributed by atoms with Crippen molar-refractivity contribution in [1.82, 2.24) is 4.68 Å². The topological polar surface area (TPSA) is 79.3 Å². The maximum atomic E-state index is 12.3. The lowest BCUT2D eigenvalue weighted by Crippen LogP contribution is -2.13. The summed E-state index contributed by atoms with van der Waals surface area (Å²) < 4.78 is 30.6. The van der Waals surface area contributed by atoms with Crippen LogP contribution < -0.4 is 9.54 Å². The predicted molar refractivity (Wildman–Crippen MR) is 103 cm³/mol. The van der Waals surface area contributed by atoms with Crippen LogP contribution in [-0.2, 0) is 0 Å². The fourth-order valence-corrected chi connectivity index (χ4v) is 3.38. The Balaban J connectivity index is 2.03. The Hall–Kier alpha value is -3.20. The average molecular weight is 405 g/mol. The molecule has 0 aliphatic carbocycles. The molecule has 0 aliphatic rings. The van der Waals surface area contributed by atoms with E-state index in [9.17, 15) is 19.0 Å². The second-order valence-electron chi connectivity index (χ2n) is 5.73. The largest absolute Gasteiger partial charge is 0.508 e. The van der Waals surface area contributed by atoms with Crippen molar-refractivity contribution in [3.05, 3.63) is 58.2 Å². The number of aromatic nitrogens is 1. The lowest BCUT2D eigenvalue weighted by atomic mass is 10.1. The van der Waals surface area contributed by atoms with Crippen LogP contribution in [0.1, 0.15) is 12.5 Å². The van der Waals surface area contributed by atoms with Gasteiger partial charge < -0.3 is 14.9 Å². The molecule has 28 heavy (non-hydrogen) atoms. The van der Waals surface area contributed by atoms with E-state index >= 15 is 0 Å². The highest BCUT2D eigenvalue weighted by Crippen LogP contribution is 2.26. The highest BCUT2D eigenvalue weighted by Gasteiger charge is 2.11. The van der Waals surface area contributed by atoms with Crippen molar-refractivity contribution in [3.8, 4) is 28.5 Å². The Labute approximate surface area is 163 Å². The number of rotatable bonds is 5. The van der Waals surface area contributed by atoms with Crippen molar-refractivity contribution in [3.63, 3.8) is 0 Å². The van der Waals surface area contributed by atoms with E-state index in [1.807, 2.05) is 5.38 Å². The summed E-state index contributed by atoms with van der Waals surface area (Å²) in [6.45, 7) is -1.16. The van der Waals surface area contributed by atoms with Gasteiger partial charge in [-0.15, -0.1) is 11.3 Å². The lowest BCUT2D eigenvalue weighted by molar-refractivity contribution is -0.0498. The molecule has 146 valence electrons. The number of ether oxygens (including phenoxy) is 1. The Bertz CT molecular complexity index is 1070. The van der Waals surface area contributed by atoms with Gasteiger partial charge in [0.1, 0.15) is 17.2 Å². The van der Waals surface area contributed by atoms with Gasteiger partial charge in [-0.25, -0.2) is 4.68 Å². The minimum Gasteiger partial charge on any atom is -0.508 e. The lowest BCUT2D eigenvalue weighted by Gasteiger charge is -2.09. The highest BCUT2D eigenvalue weighted by molar-refractivity contribution is 7.07. The first-order valence-corrected chi connectivity index (χ1v) is 9.03. The summed E-state index contributed by atoms with van der Waals surface area (Å²) >= 11 is 1.37. The Kier molecular flexibility index (Phi) is 5.74. The van der Waals surface area contributed by atoms with E-state index in [1.54, 1.807) is 36.8 Å². The van der Waals surface area contributed by atoms with Gasteiger partial charge in [0.15, 0.2) is 0 Å². The number of phenols is 2. The van der Waals surface area contributed by atoms with Crippen LogP contribution in [-0.4, -0.2) is 34.3 Å². The molecule has 0 saturated heterocycles. The number of alkyl halides is 2. The van der Waals surface area contributed by atoms with Crippen molar-refractivity contribution in [2.75, 3.05) is 7.05 Å². The number of halogens is 2. The zero-order chi connectivity index (χ0) is 20.3. The number of benzene rings is 2. The van der Waals surface area contributed by atoms with Gasteiger partial charge in [0.05, 0.1) is 11.4 Å². The van der Waals surface area contributed by atoms with E-state index in [2.05, 4.69) is 14.8 Å². The third-order valence-corrected chi connectivity index (χ3v) is 4.78. The molecule has 1 heterocycles. The van der Waals surface area contributed by atoms with Crippen molar-refractivity contribution in [2.24, 2.45) is 10.1 Å². The molecule has 0 spiro atoms. The smallest absolute Gasteiger partial charge is 0.387 e. The molecule has 0 unspecified atom stereocenters. The van der Waals surface area contributed by atoms with Crippen LogP contribution in [0.2, 0.25) is 0 Å². The van der Waals surface area contributed by atoms with E-state index in [0.717, 1.165) is 5.56 Å². The maximum Gasteiger partial charge on any atom is 0.387 e. The SMILES string of the molecule is CN=c1scc(-c2ccc(OC(F)F)cc2)n1/N=C(\C)c1ccc(O)cc1O. The van der Waals surface area contributed by atoms with Gasteiger partial charge in [0.25, 0.3) is 0 Å². The first-order chi connectivity index (χ1) is 13.4. The van der Waals surface area contributed by atoms with E-state index in [-0.39, 0.29) is 17.2 Å². The number of nitrogens with zero attached hydrogens (tertiary/aromatic N) is 3. The molecule has 0 amide bonds. The molecule has 0 radical (unpaired) electrons. The summed E-state index contributed by atoms with van der Waals surface area (Å²) in [7, 11) is 1.63. The maximum absolute atomic E-state index is 12.3. The van der Waals surface area contributed by atoms with Crippen LogP contribution >= 0.6 is 11.3 Å². The molecular weight excluding hydrogens is 388 g/mol. The van der Waals surface area contributed by atoms with E-state index < -0.39 is 6.61 Å². The van der Waals surface area contributed by atoms with Gasteiger partial charge in [-0.2, -0.15) is 13.9 Å². The van der Waals surface area contributed by atoms with Gasteiger partial charge >= 0.3 is 6.61 Å². The normalized spacial score (nSPS) is 12.6. The van der Waals surface area contributed by atoms with E-state index in [1.165, 1.54) is 35.6 Å². The predicted octanol–water partition coefficient (Wildman–Crippen LogP) is 4.03. The number of aromatic hydroxyl groups is 2. The van der Waals surface area contributed by atoms with E-state index in [4.69, 9.17) is 0 Å². The van der Waals surface area contributed by atoms with Crippen LogP contribution in [0.4, 0.5) is 8.78 Å². The van der Waals surface area contributed by atoms with Gasteiger partial charge in [0, 0.05) is 29.6 Å². The van der Waals surface area contributed by atoms with Crippen LogP contribution in [0.25, 0.3) is 11.3 Å². The molecule has 2 aromatic carbocycles. The Morgan fingerprint density at radius 3 is 2.46 bits per heavy atom. The molecule has 3 aromatic rings. The summed E-state index contributed by atoms with van der Waals surface area (Å²) in [4.78, 5) is 4.82. The monoisotopic (exact) mass is 405 g/mol. The van der Waals surface area contributed by atoms with Crippen LogP contribution in [0.5, 0.6) is 17.2 Å². The fourth-order valence-electron chi connectivity index (χ4n) is 2.58. The zero-order valence-electron chi connectivity index (χ0n) is 15.0. The summed E-state index contributed by atoms with van der Waals surface area (Å²) in [6.07, 6.45) is 0. The van der Waals surface area contributed by atoms with Gasteiger partial charge in [-0.05, 0) is 43.3 Å². The Morgan fingerprint density at radius 2 is 1.86 bits per heavy atom. The number of thiazole rings is 1. The summed E-state index contributed by atoms with van der Waals surface area (Å²) in [5, 5.41) is 25.9. The first kappa shape index (κ1) is 19.6. The average Bonchev–Trinajstić information content (AvgIpc) is 3.04. The van der Waals surface area contributed by atoms with Crippen LogP contribution in [0.3, 0.4) is 0 Å². The second-order valence-corrected chi connectivity index (χ2v) is 6.57. The quantitative estimate of drug-likeness (QED) is 0.629. The van der Waals surface area contributed by atoms with Crippen molar-refractivity contribution >= 4 is 17.0 Å². The molecule has 1 aromatic heterocycles. The van der Waals surface area contributed by atoms with Gasteiger partial charge in [-0.1, -0.05) is 0 Å². The zero-order valence-corrected chi connectivity index (χ0v) is 15.8. The molecule has 9 heteroatoms. The minimum absolute atomic E-state index is 0.0479. The van der Waals surface area contributed by atoms with Crippen molar-refractivity contribution < 1.29 is 23.7 Å². The summed E-state index contributed by atoms with van der Waals surface area (Å²) in [5.74, 6) is -0.0787. The van der Waals surface area contributed by atoms with Crippen LogP contribution in [0.15, 0.2) is 57.9 Å². The van der Waals surface area contributed by atoms with Crippen molar-refractivity contribution in [1.29, 1.82) is 0 Å². The molecule has 3 rings (SSSR count). The molecular formula is C19H17F2N3O3S. The molecule has 6 nitrogen and oxygen atoms in total. The highest BCUT2D eigenvalue weighted by atomic mass is 32.1. The Morgan fingerprint density at radius 1 is 1.14 bits per heavy atom. The van der Waals surface area contributed by atoms with Crippen LogP contribution in [0, 0.1) is 0 Å². The molecule has 0 bridgehead atoms. The molecule has 0 aliphatic heterocycles. The molecule has 2 N–H and O–H groups in total. The molecule has 0 fully saturated rings. The van der Waals surface area contributed by atoms with Crippen molar-refractivity contribution in [2.45, 2.75) is 13.5 Å². The standard InChI is InChI=1S/C19H17F2N3O3S/c1-11(15-8-5-13(25)9-17(15)26)23-24-16(10-28-19(24)22-2)12-3-6-14(7-4-12)27-18(20)21/h3-10,18,25-26H,1-2H3/b22-19?,23-11+. The van der Waals surface area contributed by atoms with E-state index in [0.29, 0.717) is 21.8 Å². The number of hydrogen-bond donors (Lipinski definition) is 2. The minimum atomic E-state index is -2.88. The number of phenolic OH excluding ortho intramolecular Hbond substituents is 2. The second kappa shape index (κ2) is 8.22. The first-order valence-electron chi connectivity index (χ1n) is 8.15. The third kappa shape index (κ3) is 4.20. The molecule has 0 atom stereocenters. The van der Waals surface area contributed by atoms with Gasteiger partial charge in [-0.3, -0.25) is 4.99 Å². The van der Waals surface area contributed by atoms with Gasteiger partial charge in [0.2, 0.25) is 4.80 Å². The summed E-state index contributed by atoms with van der Waals surface area (Å²) in [6, 6.07) is 10.5. The number of hydrogen-bond acceptors (Lipinski definition) is 6. The third-order valence-electron chi connectivity index (χ3n) is 3.87.